The van der Waals surface area contributed by atoms with Crippen molar-refractivity contribution in [2.24, 2.45) is 4.99 Å². The second-order valence-electron chi connectivity index (χ2n) is 5.51. The molecule has 0 atom stereocenters. The third-order valence-corrected chi connectivity index (χ3v) is 3.90. The second kappa shape index (κ2) is 10.4. The van der Waals surface area contributed by atoms with Crippen molar-refractivity contribution in [2.45, 2.75) is 20.4 Å². The summed E-state index contributed by atoms with van der Waals surface area (Å²) in [5, 5.41) is 3.34. The predicted molar refractivity (Wildman–Crippen MR) is 107 cm³/mol. The summed E-state index contributed by atoms with van der Waals surface area (Å²) in [7, 11) is 1.67. The molecular weight excluding hydrogens is 419 g/mol. The molecule has 0 aliphatic carbocycles. The fraction of sp³-hybridized carbons (Fsp3) is 0.529. The predicted octanol–water partition coefficient (Wildman–Crippen LogP) is 1.94. The number of nitrogens with one attached hydrogen (secondary N) is 1. The molecule has 1 fully saturated rings. The van der Waals surface area contributed by atoms with Gasteiger partial charge < -0.3 is 19.9 Å². The van der Waals surface area contributed by atoms with Gasteiger partial charge in [0.05, 0.1) is 13.7 Å². The highest BCUT2D eigenvalue weighted by molar-refractivity contribution is 14.0. The van der Waals surface area contributed by atoms with Gasteiger partial charge in [-0.15, -0.1) is 24.0 Å². The van der Waals surface area contributed by atoms with E-state index in [0.717, 1.165) is 50.0 Å². The molecule has 0 bridgehead atoms. The average Bonchev–Trinajstić information content (AvgIpc) is 2.59. The van der Waals surface area contributed by atoms with Crippen LogP contribution in [0.4, 0.5) is 0 Å². The van der Waals surface area contributed by atoms with Crippen LogP contribution in [0.3, 0.4) is 0 Å². The quantitative estimate of drug-likeness (QED) is 0.437. The first-order valence-electron chi connectivity index (χ1n) is 8.05. The van der Waals surface area contributed by atoms with Gasteiger partial charge in [0, 0.05) is 39.6 Å². The van der Waals surface area contributed by atoms with E-state index in [1.165, 1.54) is 0 Å². The molecule has 0 saturated carbocycles. The van der Waals surface area contributed by atoms with E-state index < -0.39 is 0 Å². The molecule has 0 radical (unpaired) electrons. The minimum absolute atomic E-state index is 0. The van der Waals surface area contributed by atoms with E-state index in [2.05, 4.69) is 17.1 Å². The van der Waals surface area contributed by atoms with Gasteiger partial charge in [0.1, 0.15) is 5.75 Å². The third-order valence-electron chi connectivity index (χ3n) is 3.90. The molecule has 1 saturated heterocycles. The highest BCUT2D eigenvalue weighted by atomic mass is 127. The lowest BCUT2D eigenvalue weighted by molar-refractivity contribution is -0.130. The van der Waals surface area contributed by atoms with Gasteiger partial charge in [0.25, 0.3) is 0 Å². The zero-order chi connectivity index (χ0) is 16.7. The molecule has 1 amide bonds. The second-order valence-corrected chi connectivity index (χ2v) is 5.51. The Labute approximate surface area is 161 Å². The molecule has 1 N–H and O–H groups in total. The number of nitrogens with zero attached hydrogens (tertiary/aromatic N) is 3. The first-order valence-corrected chi connectivity index (χ1v) is 8.05. The maximum Gasteiger partial charge on any atom is 0.219 e. The van der Waals surface area contributed by atoms with Crippen molar-refractivity contribution in [1.82, 2.24) is 15.1 Å². The number of aliphatic imine (C=N–C) groups is 1. The number of halogens is 1. The zero-order valence-electron chi connectivity index (χ0n) is 14.6. The Morgan fingerprint density at radius 3 is 2.50 bits per heavy atom. The Morgan fingerprint density at radius 1 is 1.25 bits per heavy atom. The lowest BCUT2D eigenvalue weighted by Gasteiger charge is -2.36. The van der Waals surface area contributed by atoms with Gasteiger partial charge in [-0.05, 0) is 24.6 Å². The number of carbonyl (C=O) groups excluding carboxylic acids is 1. The maximum absolute atomic E-state index is 11.4. The molecule has 6 nitrogen and oxygen atoms in total. The Bertz CT molecular complexity index is 557. The molecule has 1 aromatic rings. The molecular formula is C17H27IN4O2. The Morgan fingerprint density at radius 2 is 1.92 bits per heavy atom. The van der Waals surface area contributed by atoms with Gasteiger partial charge in [0.15, 0.2) is 5.96 Å². The molecule has 7 heteroatoms. The maximum atomic E-state index is 11.4. The lowest BCUT2D eigenvalue weighted by atomic mass is 10.2. The lowest BCUT2D eigenvalue weighted by Crippen LogP contribution is -2.53. The smallest absolute Gasteiger partial charge is 0.219 e. The first-order chi connectivity index (χ1) is 11.1. The highest BCUT2D eigenvalue weighted by Crippen LogP contribution is 2.13. The number of guanidine groups is 1. The fourth-order valence-corrected chi connectivity index (χ4v) is 2.60. The normalized spacial score (nSPS) is 14.9. The van der Waals surface area contributed by atoms with Crippen LogP contribution >= 0.6 is 24.0 Å². The van der Waals surface area contributed by atoms with E-state index in [4.69, 9.17) is 9.73 Å². The Hall–Kier alpha value is -1.51. The number of methoxy groups -OCH3 is 1. The van der Waals surface area contributed by atoms with E-state index in [-0.39, 0.29) is 29.9 Å². The molecule has 0 spiro atoms. The van der Waals surface area contributed by atoms with Crippen molar-refractivity contribution in [3.8, 4) is 5.75 Å². The largest absolute Gasteiger partial charge is 0.497 e. The van der Waals surface area contributed by atoms with Crippen LogP contribution in [-0.2, 0) is 11.3 Å². The Balaban J connectivity index is 0.00000288. The summed E-state index contributed by atoms with van der Waals surface area (Å²) in [5.74, 6) is 1.89. The summed E-state index contributed by atoms with van der Waals surface area (Å²) in [6.07, 6.45) is 0. The van der Waals surface area contributed by atoms with Crippen LogP contribution in [0.25, 0.3) is 0 Å². The topological polar surface area (TPSA) is 57.2 Å². The standard InChI is InChI=1S/C17H26N4O2.HI/c1-4-18-17(21-10-8-20(9-11-21)14(2)22)19-13-15-6-5-7-16(12-15)23-3;/h5-7,12H,4,8-11,13H2,1-3H3,(H,18,19);1H. The van der Waals surface area contributed by atoms with Gasteiger partial charge >= 0.3 is 0 Å². The highest BCUT2D eigenvalue weighted by Gasteiger charge is 2.20. The fourth-order valence-electron chi connectivity index (χ4n) is 2.60. The average molecular weight is 446 g/mol. The number of amides is 1. The van der Waals surface area contributed by atoms with Crippen LogP contribution < -0.4 is 10.1 Å². The van der Waals surface area contributed by atoms with Crippen LogP contribution in [0, 0.1) is 0 Å². The van der Waals surface area contributed by atoms with Crippen molar-refractivity contribution in [3.05, 3.63) is 29.8 Å². The molecule has 1 heterocycles. The number of rotatable bonds is 4. The number of benzene rings is 1. The summed E-state index contributed by atoms with van der Waals surface area (Å²) >= 11 is 0. The molecule has 0 aromatic heterocycles. The molecule has 24 heavy (non-hydrogen) atoms. The van der Waals surface area contributed by atoms with Gasteiger partial charge in [-0.25, -0.2) is 4.99 Å². The van der Waals surface area contributed by atoms with E-state index >= 15 is 0 Å². The van der Waals surface area contributed by atoms with E-state index in [9.17, 15) is 4.79 Å². The van der Waals surface area contributed by atoms with Gasteiger partial charge in [-0.2, -0.15) is 0 Å². The van der Waals surface area contributed by atoms with Crippen molar-refractivity contribution in [2.75, 3.05) is 39.8 Å². The number of ether oxygens (including phenoxy) is 1. The zero-order valence-corrected chi connectivity index (χ0v) is 16.9. The summed E-state index contributed by atoms with van der Waals surface area (Å²) in [5.41, 5.74) is 1.11. The first kappa shape index (κ1) is 20.5. The molecule has 1 aliphatic rings. The van der Waals surface area contributed by atoms with E-state index in [1.54, 1.807) is 14.0 Å². The molecule has 134 valence electrons. The number of hydrogen-bond acceptors (Lipinski definition) is 3. The van der Waals surface area contributed by atoms with Gasteiger partial charge in [-0.3, -0.25) is 4.79 Å². The van der Waals surface area contributed by atoms with Crippen molar-refractivity contribution in [3.63, 3.8) is 0 Å². The van der Waals surface area contributed by atoms with E-state index in [0.29, 0.717) is 6.54 Å². The molecule has 1 aliphatic heterocycles. The third kappa shape index (κ3) is 5.85. The monoisotopic (exact) mass is 446 g/mol. The van der Waals surface area contributed by atoms with Crippen LogP contribution in [0.1, 0.15) is 19.4 Å². The molecule has 0 unspecified atom stereocenters. The van der Waals surface area contributed by atoms with Crippen LogP contribution in [0.2, 0.25) is 0 Å². The summed E-state index contributed by atoms with van der Waals surface area (Å²) in [4.78, 5) is 20.2. The van der Waals surface area contributed by atoms with Gasteiger partial charge in [-0.1, -0.05) is 12.1 Å². The minimum Gasteiger partial charge on any atom is -0.497 e. The molecule has 1 aromatic carbocycles. The number of hydrogen-bond donors (Lipinski definition) is 1. The van der Waals surface area contributed by atoms with Crippen molar-refractivity contribution >= 4 is 35.8 Å². The van der Waals surface area contributed by atoms with E-state index in [1.807, 2.05) is 29.2 Å². The van der Waals surface area contributed by atoms with Crippen molar-refractivity contribution < 1.29 is 9.53 Å². The summed E-state index contributed by atoms with van der Waals surface area (Å²) in [6, 6.07) is 7.95. The van der Waals surface area contributed by atoms with Crippen LogP contribution in [0.15, 0.2) is 29.3 Å². The van der Waals surface area contributed by atoms with Crippen molar-refractivity contribution in [1.29, 1.82) is 0 Å². The minimum atomic E-state index is 0. The van der Waals surface area contributed by atoms with Crippen LogP contribution in [0.5, 0.6) is 5.75 Å². The van der Waals surface area contributed by atoms with Crippen LogP contribution in [-0.4, -0.2) is 61.5 Å². The Kier molecular flexibility index (Phi) is 8.88. The molecule has 2 rings (SSSR count). The number of carbonyl (C=O) groups is 1. The summed E-state index contributed by atoms with van der Waals surface area (Å²) < 4.78 is 5.25. The van der Waals surface area contributed by atoms with Gasteiger partial charge in [0.2, 0.25) is 5.91 Å². The number of piperazine rings is 1. The summed E-state index contributed by atoms with van der Waals surface area (Å²) in [6.45, 7) is 8.23. The SMILES string of the molecule is CCNC(=NCc1cccc(OC)c1)N1CCN(C(C)=O)CC1.I.